The first-order valence-electron chi connectivity index (χ1n) is 5.66. The molecule has 0 unspecified atom stereocenters. The highest BCUT2D eigenvalue weighted by Gasteiger charge is 2.11. The molecule has 0 aliphatic heterocycles. The monoisotopic (exact) mass is 297 g/mol. The second-order valence-corrected chi connectivity index (χ2v) is 4.87. The number of imidazole rings is 1. The topological polar surface area (TPSA) is 30.2 Å². The van der Waals surface area contributed by atoms with Gasteiger partial charge >= 0.3 is 0 Å². The van der Waals surface area contributed by atoms with Gasteiger partial charge in [-0.05, 0) is 40.2 Å². The Morgan fingerprint density at radius 2 is 1.56 bits per heavy atom. The van der Waals surface area contributed by atoms with Crippen molar-refractivity contribution in [1.82, 2.24) is 14.4 Å². The van der Waals surface area contributed by atoms with Gasteiger partial charge in [0.25, 0.3) is 0 Å². The molecule has 0 N–H and O–H groups in total. The van der Waals surface area contributed by atoms with Crippen molar-refractivity contribution < 1.29 is 0 Å². The van der Waals surface area contributed by atoms with E-state index in [0.717, 1.165) is 32.3 Å². The molecule has 18 heavy (non-hydrogen) atoms. The maximum Gasteiger partial charge on any atom is 0.183 e. The highest BCUT2D eigenvalue weighted by atomic mass is 79.9. The number of hydrogen-bond acceptors (Lipinski definition) is 2. The van der Waals surface area contributed by atoms with Gasteiger partial charge in [-0.15, -0.1) is 0 Å². The van der Waals surface area contributed by atoms with Gasteiger partial charge in [0.15, 0.2) is 4.73 Å². The molecule has 0 amide bonds. The highest BCUT2D eigenvalue weighted by molar-refractivity contribution is 9.10. The van der Waals surface area contributed by atoms with Crippen molar-refractivity contribution in [3.63, 3.8) is 0 Å². The van der Waals surface area contributed by atoms with E-state index in [1.54, 1.807) is 0 Å². The second-order valence-electron chi connectivity index (χ2n) is 4.16. The largest absolute Gasteiger partial charge is 0.270 e. The summed E-state index contributed by atoms with van der Waals surface area (Å²) in [7, 11) is 0. The van der Waals surface area contributed by atoms with Gasteiger partial charge in [0.05, 0.1) is 16.6 Å². The third-order valence-corrected chi connectivity index (χ3v) is 3.63. The number of hydrogen-bond donors (Lipinski definition) is 0. The smallest absolute Gasteiger partial charge is 0.183 e. The Morgan fingerprint density at radius 1 is 0.833 bits per heavy atom. The van der Waals surface area contributed by atoms with Crippen LogP contribution in [0.25, 0.3) is 27.6 Å². The highest BCUT2D eigenvalue weighted by Crippen LogP contribution is 2.26. The Balaban J connectivity index is 2.38. The van der Waals surface area contributed by atoms with Crippen molar-refractivity contribution in [2.24, 2.45) is 0 Å². The number of nitrogens with zero attached hydrogens (tertiary/aromatic N) is 3. The third kappa shape index (κ3) is 1.24. The molecule has 4 rings (SSSR count). The fraction of sp³-hybridized carbons (Fsp3) is 0. The van der Waals surface area contributed by atoms with Gasteiger partial charge in [0.1, 0.15) is 5.65 Å². The van der Waals surface area contributed by atoms with Crippen LogP contribution >= 0.6 is 15.9 Å². The van der Waals surface area contributed by atoms with Crippen LogP contribution in [-0.4, -0.2) is 14.4 Å². The van der Waals surface area contributed by atoms with Crippen molar-refractivity contribution in [2.75, 3.05) is 0 Å². The number of benzene rings is 2. The Bertz CT molecular complexity index is 895. The molecule has 3 nitrogen and oxygen atoms in total. The summed E-state index contributed by atoms with van der Waals surface area (Å²) in [6.45, 7) is 0. The lowest BCUT2D eigenvalue weighted by atomic mass is 10.2. The van der Waals surface area contributed by atoms with Crippen LogP contribution in [0.5, 0.6) is 0 Å². The first-order valence-corrected chi connectivity index (χ1v) is 6.45. The summed E-state index contributed by atoms with van der Waals surface area (Å²) in [6.07, 6.45) is 0. The zero-order valence-electron chi connectivity index (χ0n) is 9.34. The van der Waals surface area contributed by atoms with E-state index in [-0.39, 0.29) is 0 Å². The summed E-state index contributed by atoms with van der Waals surface area (Å²) in [5.74, 6) is 0. The Kier molecular flexibility index (Phi) is 1.96. The standard InChI is InChI=1S/C14H8BrN3/c15-14-17-10-6-2-1-5-9(10)13-16-11-7-3-4-8-12(11)18(13)14/h1-8H. The summed E-state index contributed by atoms with van der Waals surface area (Å²) < 4.78 is 2.82. The average molecular weight is 298 g/mol. The predicted molar refractivity (Wildman–Crippen MR) is 75.7 cm³/mol. The van der Waals surface area contributed by atoms with Crippen LogP contribution in [0, 0.1) is 0 Å². The predicted octanol–water partition coefficient (Wildman–Crippen LogP) is 3.80. The first-order chi connectivity index (χ1) is 8.84. The van der Waals surface area contributed by atoms with Gasteiger partial charge in [0, 0.05) is 5.39 Å². The molecule has 0 atom stereocenters. The summed E-state index contributed by atoms with van der Waals surface area (Å²) >= 11 is 3.53. The lowest BCUT2D eigenvalue weighted by molar-refractivity contribution is 1.10. The molecule has 0 aliphatic carbocycles. The maximum atomic E-state index is 4.70. The van der Waals surface area contributed by atoms with E-state index >= 15 is 0 Å². The minimum Gasteiger partial charge on any atom is -0.270 e. The van der Waals surface area contributed by atoms with Gasteiger partial charge < -0.3 is 0 Å². The molecule has 0 saturated heterocycles. The summed E-state index contributed by atoms with van der Waals surface area (Å²) in [5.41, 5.74) is 3.94. The molecule has 0 spiro atoms. The molecule has 4 aromatic rings. The number of halogens is 1. The van der Waals surface area contributed by atoms with E-state index < -0.39 is 0 Å². The maximum absolute atomic E-state index is 4.70. The molecule has 0 saturated carbocycles. The van der Waals surface area contributed by atoms with Crippen LogP contribution in [0.4, 0.5) is 0 Å². The molecule has 0 bridgehead atoms. The fourth-order valence-electron chi connectivity index (χ4n) is 2.30. The van der Waals surface area contributed by atoms with Gasteiger partial charge in [-0.3, -0.25) is 4.40 Å². The van der Waals surface area contributed by atoms with Gasteiger partial charge in [-0.1, -0.05) is 24.3 Å². The molecular weight excluding hydrogens is 290 g/mol. The van der Waals surface area contributed by atoms with Crippen molar-refractivity contribution in [3.05, 3.63) is 53.3 Å². The van der Waals surface area contributed by atoms with Gasteiger partial charge in [0.2, 0.25) is 0 Å². The first kappa shape index (κ1) is 10.0. The van der Waals surface area contributed by atoms with Crippen LogP contribution in [0.1, 0.15) is 0 Å². The SMILES string of the molecule is Brc1nc2ccccc2c2nc3ccccc3n12. The second kappa shape index (κ2) is 3.53. The van der Waals surface area contributed by atoms with E-state index in [1.165, 1.54) is 0 Å². The zero-order valence-corrected chi connectivity index (χ0v) is 10.9. The molecule has 2 aromatic carbocycles. The normalized spacial score (nSPS) is 11.6. The Labute approximate surface area is 111 Å². The summed E-state index contributed by atoms with van der Waals surface area (Å²) in [4.78, 5) is 9.26. The van der Waals surface area contributed by atoms with Crippen LogP contribution in [0.3, 0.4) is 0 Å². The van der Waals surface area contributed by atoms with Crippen molar-refractivity contribution in [2.45, 2.75) is 0 Å². The lowest BCUT2D eigenvalue weighted by Crippen LogP contribution is -1.93. The molecule has 86 valence electrons. The molecule has 4 heteroatoms. The van der Waals surface area contributed by atoms with Crippen molar-refractivity contribution in [1.29, 1.82) is 0 Å². The third-order valence-electron chi connectivity index (χ3n) is 3.10. The number of para-hydroxylation sites is 3. The minimum absolute atomic E-state index is 0.782. The van der Waals surface area contributed by atoms with E-state index in [0.29, 0.717) is 0 Å². The van der Waals surface area contributed by atoms with Gasteiger partial charge in [-0.2, -0.15) is 0 Å². The molecule has 2 heterocycles. The van der Waals surface area contributed by atoms with Crippen molar-refractivity contribution in [3.8, 4) is 0 Å². The zero-order chi connectivity index (χ0) is 12.1. The van der Waals surface area contributed by atoms with Crippen LogP contribution in [0.2, 0.25) is 0 Å². The van der Waals surface area contributed by atoms with Crippen LogP contribution < -0.4 is 0 Å². The fourth-order valence-corrected chi connectivity index (χ4v) is 2.85. The number of fused-ring (bicyclic) bond motifs is 5. The average Bonchev–Trinajstić information content (AvgIpc) is 2.79. The van der Waals surface area contributed by atoms with E-state index in [9.17, 15) is 0 Å². The number of rotatable bonds is 0. The molecule has 2 aromatic heterocycles. The van der Waals surface area contributed by atoms with Crippen LogP contribution in [-0.2, 0) is 0 Å². The van der Waals surface area contributed by atoms with E-state index in [1.807, 2.05) is 40.8 Å². The summed E-state index contributed by atoms with van der Waals surface area (Å²) in [6, 6.07) is 16.1. The molecule has 0 radical (unpaired) electrons. The van der Waals surface area contributed by atoms with Crippen molar-refractivity contribution >= 4 is 43.5 Å². The number of aromatic nitrogens is 3. The summed E-state index contributed by atoms with van der Waals surface area (Å²) in [5, 5.41) is 1.07. The van der Waals surface area contributed by atoms with E-state index in [2.05, 4.69) is 33.0 Å². The quantitative estimate of drug-likeness (QED) is 0.462. The van der Waals surface area contributed by atoms with Gasteiger partial charge in [-0.25, -0.2) is 9.97 Å². The Hall–Kier alpha value is -1.94. The lowest BCUT2D eigenvalue weighted by Gasteiger charge is -2.02. The molecular formula is C14H8BrN3. The van der Waals surface area contributed by atoms with Crippen LogP contribution in [0.15, 0.2) is 53.3 Å². The Morgan fingerprint density at radius 3 is 2.44 bits per heavy atom. The van der Waals surface area contributed by atoms with E-state index in [4.69, 9.17) is 4.98 Å². The minimum atomic E-state index is 0.782. The molecule has 0 fully saturated rings. The molecule has 0 aliphatic rings.